The topological polar surface area (TPSA) is 69.6 Å². The molecular weight excluding hydrogens is 234 g/mol. The average molecular weight is 240 g/mol. The number of nitrogen functional groups attached to an aromatic ring is 1. The van der Waals surface area contributed by atoms with Gasteiger partial charge in [-0.15, -0.1) is 0 Å². The standard InChI is InChI=1S/C7H6BrN5/c8-6-2-10-4-11-7(6)13-3-5(9)1-12-13/h1-4H,9H2. The third-order valence-electron chi connectivity index (χ3n) is 1.47. The van der Waals surface area contributed by atoms with Gasteiger partial charge in [-0.25, -0.2) is 14.6 Å². The van der Waals surface area contributed by atoms with Crippen molar-refractivity contribution in [2.75, 3.05) is 5.73 Å². The van der Waals surface area contributed by atoms with Crippen LogP contribution < -0.4 is 5.73 Å². The summed E-state index contributed by atoms with van der Waals surface area (Å²) in [6, 6.07) is 0. The lowest BCUT2D eigenvalue weighted by Crippen LogP contribution is -1.99. The molecule has 66 valence electrons. The zero-order valence-corrected chi connectivity index (χ0v) is 8.14. The molecule has 0 aliphatic heterocycles. The fourth-order valence-electron chi connectivity index (χ4n) is 0.927. The number of nitrogens with zero attached hydrogens (tertiary/aromatic N) is 4. The van der Waals surface area contributed by atoms with Gasteiger partial charge in [0.25, 0.3) is 0 Å². The Labute approximate surface area is 82.7 Å². The number of hydrogen-bond acceptors (Lipinski definition) is 4. The second-order valence-corrected chi connectivity index (χ2v) is 3.27. The molecule has 2 heterocycles. The molecule has 0 amide bonds. The Bertz CT molecular complexity index is 424. The maximum absolute atomic E-state index is 5.52. The van der Waals surface area contributed by atoms with Crippen molar-refractivity contribution in [3.63, 3.8) is 0 Å². The Morgan fingerprint density at radius 3 is 2.85 bits per heavy atom. The van der Waals surface area contributed by atoms with E-state index in [9.17, 15) is 0 Å². The van der Waals surface area contributed by atoms with E-state index in [0.717, 1.165) is 4.47 Å². The van der Waals surface area contributed by atoms with Gasteiger partial charge in [0.1, 0.15) is 6.33 Å². The Balaban J connectivity index is 2.52. The van der Waals surface area contributed by atoms with Gasteiger partial charge in [-0.05, 0) is 15.9 Å². The maximum atomic E-state index is 5.52. The van der Waals surface area contributed by atoms with Crippen molar-refractivity contribution in [1.29, 1.82) is 0 Å². The number of hydrogen-bond donors (Lipinski definition) is 1. The molecule has 0 aromatic carbocycles. The number of halogens is 1. The molecular formula is C7H6BrN5. The summed E-state index contributed by atoms with van der Waals surface area (Å²) in [5.41, 5.74) is 6.13. The van der Waals surface area contributed by atoms with Crippen molar-refractivity contribution in [2.24, 2.45) is 0 Å². The average Bonchev–Trinajstić information content (AvgIpc) is 2.53. The molecule has 0 unspecified atom stereocenters. The largest absolute Gasteiger partial charge is 0.396 e. The first-order chi connectivity index (χ1) is 6.27. The molecule has 0 fully saturated rings. The molecule has 0 spiro atoms. The molecule has 0 radical (unpaired) electrons. The summed E-state index contributed by atoms with van der Waals surface area (Å²) >= 11 is 3.32. The maximum Gasteiger partial charge on any atom is 0.170 e. The summed E-state index contributed by atoms with van der Waals surface area (Å²) in [5, 5.41) is 4.02. The summed E-state index contributed by atoms with van der Waals surface area (Å²) in [4.78, 5) is 7.90. The molecule has 2 N–H and O–H groups in total. The van der Waals surface area contributed by atoms with E-state index < -0.39 is 0 Å². The van der Waals surface area contributed by atoms with E-state index in [1.165, 1.54) is 6.33 Å². The van der Waals surface area contributed by atoms with Crippen LogP contribution in [-0.4, -0.2) is 19.7 Å². The fourth-order valence-corrected chi connectivity index (χ4v) is 1.33. The number of anilines is 1. The molecule has 0 atom stereocenters. The highest BCUT2D eigenvalue weighted by Crippen LogP contribution is 2.16. The lowest BCUT2D eigenvalue weighted by atomic mass is 10.6. The molecule has 0 saturated heterocycles. The van der Waals surface area contributed by atoms with Crippen molar-refractivity contribution in [3.05, 3.63) is 29.4 Å². The van der Waals surface area contributed by atoms with E-state index in [0.29, 0.717) is 11.5 Å². The Kier molecular flexibility index (Phi) is 1.97. The van der Waals surface area contributed by atoms with Crippen LogP contribution in [0.3, 0.4) is 0 Å². The summed E-state index contributed by atoms with van der Waals surface area (Å²) in [5.74, 6) is 0.673. The van der Waals surface area contributed by atoms with Crippen molar-refractivity contribution >= 4 is 21.6 Å². The lowest BCUT2D eigenvalue weighted by Gasteiger charge is -2.00. The summed E-state index contributed by atoms with van der Waals surface area (Å²) < 4.78 is 2.36. The fraction of sp³-hybridized carbons (Fsp3) is 0. The van der Waals surface area contributed by atoms with E-state index in [-0.39, 0.29) is 0 Å². The van der Waals surface area contributed by atoms with Gasteiger partial charge in [0.05, 0.1) is 22.6 Å². The highest BCUT2D eigenvalue weighted by atomic mass is 79.9. The van der Waals surface area contributed by atoms with Crippen molar-refractivity contribution in [1.82, 2.24) is 19.7 Å². The van der Waals surface area contributed by atoms with E-state index in [4.69, 9.17) is 5.73 Å². The Hall–Kier alpha value is -1.43. The first-order valence-electron chi connectivity index (χ1n) is 3.53. The summed E-state index contributed by atoms with van der Waals surface area (Å²) in [6.45, 7) is 0. The van der Waals surface area contributed by atoms with Crippen LogP contribution in [0.15, 0.2) is 29.4 Å². The molecule has 0 saturated carbocycles. The third kappa shape index (κ3) is 1.52. The minimum Gasteiger partial charge on any atom is -0.396 e. The highest BCUT2D eigenvalue weighted by molar-refractivity contribution is 9.10. The van der Waals surface area contributed by atoms with Crippen LogP contribution in [0.2, 0.25) is 0 Å². The van der Waals surface area contributed by atoms with Crippen LogP contribution in [0.5, 0.6) is 0 Å². The normalized spacial score (nSPS) is 10.2. The van der Waals surface area contributed by atoms with Crippen LogP contribution in [0.4, 0.5) is 5.69 Å². The van der Waals surface area contributed by atoms with Crippen LogP contribution in [-0.2, 0) is 0 Å². The second-order valence-electron chi connectivity index (χ2n) is 2.41. The van der Waals surface area contributed by atoms with E-state index in [1.807, 2.05) is 0 Å². The van der Waals surface area contributed by atoms with Crippen LogP contribution in [0, 0.1) is 0 Å². The van der Waals surface area contributed by atoms with Gasteiger partial charge in [-0.1, -0.05) is 0 Å². The second kappa shape index (κ2) is 3.14. The van der Waals surface area contributed by atoms with Crippen LogP contribution >= 0.6 is 15.9 Å². The van der Waals surface area contributed by atoms with Gasteiger partial charge in [0.2, 0.25) is 0 Å². The molecule has 2 aromatic rings. The van der Waals surface area contributed by atoms with Crippen LogP contribution in [0.25, 0.3) is 5.82 Å². The number of rotatable bonds is 1. The minimum absolute atomic E-state index is 0.602. The zero-order valence-electron chi connectivity index (χ0n) is 6.55. The predicted molar refractivity (Wildman–Crippen MR) is 51.3 cm³/mol. The quantitative estimate of drug-likeness (QED) is 0.807. The van der Waals surface area contributed by atoms with Gasteiger partial charge in [0.15, 0.2) is 5.82 Å². The Morgan fingerprint density at radius 2 is 2.23 bits per heavy atom. The molecule has 6 heteroatoms. The van der Waals surface area contributed by atoms with Crippen molar-refractivity contribution in [3.8, 4) is 5.82 Å². The Morgan fingerprint density at radius 1 is 1.38 bits per heavy atom. The van der Waals surface area contributed by atoms with Crippen molar-refractivity contribution in [2.45, 2.75) is 0 Å². The van der Waals surface area contributed by atoms with Gasteiger partial charge in [0, 0.05) is 6.20 Å². The smallest absolute Gasteiger partial charge is 0.170 e. The lowest BCUT2D eigenvalue weighted by molar-refractivity contribution is 0.833. The SMILES string of the molecule is Nc1cnn(-c2ncncc2Br)c1. The molecule has 0 aliphatic rings. The van der Waals surface area contributed by atoms with E-state index in [1.54, 1.807) is 23.3 Å². The number of nitrogens with two attached hydrogens (primary N) is 1. The summed E-state index contributed by atoms with van der Waals surface area (Å²) in [6.07, 6.45) is 6.36. The number of aromatic nitrogens is 4. The van der Waals surface area contributed by atoms with Gasteiger partial charge in [-0.2, -0.15) is 5.10 Å². The molecule has 0 aliphatic carbocycles. The monoisotopic (exact) mass is 239 g/mol. The van der Waals surface area contributed by atoms with Gasteiger partial charge >= 0.3 is 0 Å². The zero-order chi connectivity index (χ0) is 9.26. The molecule has 2 rings (SSSR count). The van der Waals surface area contributed by atoms with Gasteiger partial charge in [-0.3, -0.25) is 0 Å². The van der Waals surface area contributed by atoms with Crippen LogP contribution in [0.1, 0.15) is 0 Å². The van der Waals surface area contributed by atoms with Gasteiger partial charge < -0.3 is 5.73 Å². The first kappa shape index (κ1) is 8.18. The summed E-state index contributed by atoms with van der Waals surface area (Å²) in [7, 11) is 0. The third-order valence-corrected chi connectivity index (χ3v) is 2.03. The first-order valence-corrected chi connectivity index (χ1v) is 4.32. The molecule has 0 bridgehead atoms. The van der Waals surface area contributed by atoms with E-state index in [2.05, 4.69) is 31.0 Å². The van der Waals surface area contributed by atoms with Crippen molar-refractivity contribution < 1.29 is 0 Å². The molecule has 5 nitrogen and oxygen atoms in total. The molecule has 13 heavy (non-hydrogen) atoms. The minimum atomic E-state index is 0.602. The highest BCUT2D eigenvalue weighted by Gasteiger charge is 2.03. The predicted octanol–water partition coefficient (Wildman–Crippen LogP) is 1.01. The molecule has 2 aromatic heterocycles. The van der Waals surface area contributed by atoms with E-state index >= 15 is 0 Å².